The summed E-state index contributed by atoms with van der Waals surface area (Å²) in [6.07, 6.45) is 8.19. The summed E-state index contributed by atoms with van der Waals surface area (Å²) in [5.41, 5.74) is 0.787. The highest BCUT2D eigenvalue weighted by Crippen LogP contribution is 2.62. The van der Waals surface area contributed by atoms with Crippen LogP contribution in [0.4, 0.5) is 0 Å². The fourth-order valence-corrected chi connectivity index (χ4v) is 6.72. The van der Waals surface area contributed by atoms with Crippen LogP contribution in [0.3, 0.4) is 0 Å². The Morgan fingerprint density at radius 2 is 2.00 bits per heavy atom. The van der Waals surface area contributed by atoms with E-state index in [4.69, 9.17) is 4.43 Å². The largest absolute Gasteiger partial charge is 0.411 e. The molecule has 0 saturated heterocycles. The van der Waals surface area contributed by atoms with Crippen LogP contribution in [0.15, 0.2) is 24.8 Å². The van der Waals surface area contributed by atoms with Gasteiger partial charge in [0.15, 0.2) is 8.32 Å². The van der Waals surface area contributed by atoms with Gasteiger partial charge in [0.2, 0.25) is 0 Å². The van der Waals surface area contributed by atoms with Gasteiger partial charge in [-0.15, -0.1) is 6.58 Å². The molecule has 0 bridgehead atoms. The van der Waals surface area contributed by atoms with E-state index in [1.165, 1.54) is 12.0 Å². The molecule has 3 heteroatoms. The van der Waals surface area contributed by atoms with Gasteiger partial charge < -0.3 is 9.22 Å². The average molecular weight is 335 g/mol. The average Bonchev–Trinajstić information content (AvgIpc) is 2.41. The number of carbonyl (C=O) groups is 1. The minimum absolute atomic E-state index is 0.0223. The quantitative estimate of drug-likeness (QED) is 0.384. The molecular weight excluding hydrogens is 300 g/mol. The molecule has 23 heavy (non-hydrogen) atoms. The smallest absolute Gasteiger partial charge is 0.184 e. The van der Waals surface area contributed by atoms with Crippen LogP contribution in [0.2, 0.25) is 19.6 Å². The van der Waals surface area contributed by atoms with Gasteiger partial charge in [-0.2, -0.15) is 0 Å². The first kappa shape index (κ1) is 18.7. The van der Waals surface area contributed by atoms with Crippen LogP contribution in [0.25, 0.3) is 0 Å². The van der Waals surface area contributed by atoms with Gasteiger partial charge in [-0.25, -0.2) is 0 Å². The first-order valence-electron chi connectivity index (χ1n) is 9.03. The Balaban J connectivity index is 2.62. The van der Waals surface area contributed by atoms with Crippen LogP contribution >= 0.6 is 0 Å². The molecule has 0 aromatic carbocycles. The predicted molar refractivity (Wildman–Crippen MR) is 99.9 cm³/mol. The molecule has 0 radical (unpaired) electrons. The minimum atomic E-state index is -1.77. The van der Waals surface area contributed by atoms with E-state index in [1.807, 2.05) is 6.08 Å². The Morgan fingerprint density at radius 3 is 2.52 bits per heavy atom. The second kappa shape index (κ2) is 6.32. The third-order valence-corrected chi connectivity index (χ3v) is 7.12. The Hall–Kier alpha value is -0.673. The standard InChI is InChI=1S/C20H34O2Si/c1-8-11-19(4)17(14-21)12-16(3)18-10-9-15(2)13-20(18,19)22-23(5,6)7/h8,14-15,17-18H,1,3,9-13H2,2,4-7H3/t15-,17-,18+,19-,20+/m1/s1. The Kier molecular flexibility index (Phi) is 5.13. The van der Waals surface area contributed by atoms with Crippen molar-refractivity contribution in [1.82, 2.24) is 0 Å². The summed E-state index contributed by atoms with van der Waals surface area (Å²) < 4.78 is 6.98. The van der Waals surface area contributed by atoms with E-state index in [9.17, 15) is 4.79 Å². The van der Waals surface area contributed by atoms with Gasteiger partial charge in [0, 0.05) is 17.3 Å². The Bertz CT molecular complexity index is 492. The molecular formula is C20H34O2Si. The maximum Gasteiger partial charge on any atom is 0.184 e. The van der Waals surface area contributed by atoms with Gasteiger partial charge in [-0.3, -0.25) is 0 Å². The molecule has 0 heterocycles. The molecule has 2 rings (SSSR count). The second-order valence-electron chi connectivity index (χ2n) is 9.06. The number of allylic oxidation sites excluding steroid dienone is 1. The minimum Gasteiger partial charge on any atom is -0.411 e. The molecule has 2 aliphatic rings. The highest BCUT2D eigenvalue weighted by atomic mass is 28.4. The van der Waals surface area contributed by atoms with E-state index in [1.54, 1.807) is 0 Å². The molecule has 2 saturated carbocycles. The molecule has 0 amide bonds. The van der Waals surface area contributed by atoms with Gasteiger partial charge in [0.1, 0.15) is 6.29 Å². The zero-order valence-corrected chi connectivity index (χ0v) is 16.7. The van der Waals surface area contributed by atoms with Gasteiger partial charge in [-0.1, -0.05) is 32.1 Å². The van der Waals surface area contributed by atoms with E-state index < -0.39 is 8.32 Å². The fourth-order valence-electron chi connectivity index (χ4n) is 5.17. The second-order valence-corrected chi connectivity index (χ2v) is 13.5. The molecule has 130 valence electrons. The van der Waals surface area contributed by atoms with E-state index in [0.29, 0.717) is 11.8 Å². The molecule has 0 spiro atoms. The van der Waals surface area contributed by atoms with E-state index >= 15 is 0 Å². The van der Waals surface area contributed by atoms with Crippen molar-refractivity contribution in [1.29, 1.82) is 0 Å². The number of carbonyl (C=O) groups excluding carboxylic acids is 1. The van der Waals surface area contributed by atoms with Crippen LogP contribution in [0.5, 0.6) is 0 Å². The first-order chi connectivity index (χ1) is 10.6. The summed E-state index contributed by atoms with van der Waals surface area (Å²) in [4.78, 5) is 11.9. The van der Waals surface area contributed by atoms with Gasteiger partial charge in [-0.05, 0) is 57.7 Å². The van der Waals surface area contributed by atoms with Gasteiger partial charge in [0.25, 0.3) is 0 Å². The third kappa shape index (κ3) is 3.15. The number of hydrogen-bond acceptors (Lipinski definition) is 2. The summed E-state index contributed by atoms with van der Waals surface area (Å²) in [6.45, 7) is 19.7. The van der Waals surface area contributed by atoms with Crippen molar-refractivity contribution >= 4 is 14.6 Å². The fraction of sp³-hybridized carbons (Fsp3) is 0.750. The lowest BCUT2D eigenvalue weighted by atomic mass is 9.48. The molecule has 2 fully saturated rings. The van der Waals surface area contributed by atoms with E-state index in [-0.39, 0.29) is 16.9 Å². The molecule has 5 atom stereocenters. The molecule has 0 aromatic rings. The predicted octanol–water partition coefficient (Wildman–Crippen LogP) is 5.37. The van der Waals surface area contributed by atoms with E-state index in [2.05, 4.69) is 46.6 Å². The molecule has 2 nitrogen and oxygen atoms in total. The van der Waals surface area contributed by atoms with Crippen molar-refractivity contribution in [2.75, 3.05) is 0 Å². The van der Waals surface area contributed by atoms with Crippen molar-refractivity contribution in [3.8, 4) is 0 Å². The number of hydrogen-bond donors (Lipinski definition) is 0. The summed E-state index contributed by atoms with van der Waals surface area (Å²) in [5, 5.41) is 0. The van der Waals surface area contributed by atoms with Crippen molar-refractivity contribution in [2.24, 2.45) is 23.2 Å². The van der Waals surface area contributed by atoms with Crippen molar-refractivity contribution in [3.63, 3.8) is 0 Å². The lowest BCUT2D eigenvalue weighted by molar-refractivity contribution is -0.168. The zero-order valence-electron chi connectivity index (χ0n) is 15.7. The monoisotopic (exact) mass is 334 g/mol. The Morgan fingerprint density at radius 1 is 1.35 bits per heavy atom. The topological polar surface area (TPSA) is 26.3 Å². The lowest BCUT2D eigenvalue weighted by Gasteiger charge is -2.63. The van der Waals surface area contributed by atoms with Crippen LogP contribution in [0, 0.1) is 23.2 Å². The molecule has 0 aromatic heterocycles. The highest BCUT2D eigenvalue weighted by molar-refractivity contribution is 6.69. The van der Waals surface area contributed by atoms with Crippen molar-refractivity contribution < 1.29 is 9.22 Å². The van der Waals surface area contributed by atoms with Crippen molar-refractivity contribution in [3.05, 3.63) is 24.8 Å². The van der Waals surface area contributed by atoms with Gasteiger partial charge in [0.05, 0.1) is 5.60 Å². The maximum absolute atomic E-state index is 11.9. The number of aldehydes is 1. The zero-order chi connectivity index (χ0) is 17.5. The van der Waals surface area contributed by atoms with Crippen LogP contribution in [-0.2, 0) is 9.22 Å². The lowest BCUT2D eigenvalue weighted by Crippen LogP contribution is -2.65. The highest BCUT2D eigenvalue weighted by Gasteiger charge is 2.62. The Labute approximate surface area is 143 Å². The first-order valence-corrected chi connectivity index (χ1v) is 12.4. The van der Waals surface area contributed by atoms with Crippen LogP contribution in [0.1, 0.15) is 46.0 Å². The third-order valence-electron chi connectivity index (χ3n) is 6.14. The van der Waals surface area contributed by atoms with Crippen LogP contribution < -0.4 is 0 Å². The summed E-state index contributed by atoms with van der Waals surface area (Å²) in [7, 11) is -1.77. The van der Waals surface area contributed by atoms with E-state index in [0.717, 1.165) is 32.0 Å². The van der Waals surface area contributed by atoms with Gasteiger partial charge >= 0.3 is 0 Å². The molecule has 0 N–H and O–H groups in total. The SMILES string of the molecule is C=CC[C@]1(C)[C@@H](C=O)CC(=C)[C@@H]2CC[C@@H](C)C[C@]21O[Si](C)(C)C. The van der Waals surface area contributed by atoms with Crippen LogP contribution in [-0.4, -0.2) is 20.2 Å². The summed E-state index contributed by atoms with van der Waals surface area (Å²) >= 11 is 0. The molecule has 2 aliphatic carbocycles. The summed E-state index contributed by atoms with van der Waals surface area (Å²) in [5.74, 6) is 0.988. The number of fused-ring (bicyclic) bond motifs is 1. The van der Waals surface area contributed by atoms with Crippen molar-refractivity contribution in [2.45, 2.75) is 71.2 Å². The molecule has 0 unspecified atom stereocenters. The maximum atomic E-state index is 11.9. The molecule has 0 aliphatic heterocycles. The normalized spacial score (nSPS) is 41.3. The number of rotatable bonds is 5. The summed E-state index contributed by atoms with van der Waals surface area (Å²) in [6, 6.07) is 0.